The average molecular weight is 354 g/mol. The van der Waals surface area contributed by atoms with E-state index in [1.54, 1.807) is 0 Å². The van der Waals surface area contributed by atoms with Gasteiger partial charge in [-0.05, 0) is 52.1 Å². The maximum absolute atomic E-state index is 11.7. The van der Waals surface area contributed by atoms with Crippen LogP contribution in [0.1, 0.15) is 110 Å². The SMILES string of the molecule is CCCCCCCCCCOC(=O)CCCCCN1CCCCC1C. The third kappa shape index (κ3) is 12.4. The number of esters is 1. The van der Waals surface area contributed by atoms with Crippen LogP contribution in [0.2, 0.25) is 0 Å². The van der Waals surface area contributed by atoms with E-state index in [2.05, 4.69) is 18.7 Å². The Morgan fingerprint density at radius 3 is 2.32 bits per heavy atom. The summed E-state index contributed by atoms with van der Waals surface area (Å²) in [7, 11) is 0. The summed E-state index contributed by atoms with van der Waals surface area (Å²) in [4.78, 5) is 14.3. The van der Waals surface area contributed by atoms with Crippen LogP contribution in [-0.2, 0) is 9.53 Å². The molecule has 1 fully saturated rings. The van der Waals surface area contributed by atoms with Crippen molar-refractivity contribution in [2.24, 2.45) is 0 Å². The van der Waals surface area contributed by atoms with E-state index in [9.17, 15) is 4.79 Å². The number of piperidine rings is 1. The van der Waals surface area contributed by atoms with Gasteiger partial charge in [-0.25, -0.2) is 0 Å². The van der Waals surface area contributed by atoms with Crippen molar-refractivity contribution in [2.45, 2.75) is 116 Å². The molecule has 0 N–H and O–H groups in total. The van der Waals surface area contributed by atoms with Crippen LogP contribution >= 0.6 is 0 Å². The van der Waals surface area contributed by atoms with Gasteiger partial charge in [-0.3, -0.25) is 4.79 Å². The van der Waals surface area contributed by atoms with Gasteiger partial charge in [0.2, 0.25) is 0 Å². The first kappa shape index (κ1) is 22.5. The predicted molar refractivity (Wildman–Crippen MR) is 107 cm³/mol. The lowest BCUT2D eigenvalue weighted by atomic mass is 10.0. The normalized spacial score (nSPS) is 18.4. The molecule has 1 unspecified atom stereocenters. The fourth-order valence-electron chi connectivity index (χ4n) is 3.74. The summed E-state index contributed by atoms with van der Waals surface area (Å²) in [5.41, 5.74) is 0. The van der Waals surface area contributed by atoms with Gasteiger partial charge in [0.25, 0.3) is 0 Å². The summed E-state index contributed by atoms with van der Waals surface area (Å²) in [6.07, 6.45) is 18.3. The Kier molecular flexibility index (Phi) is 14.1. The van der Waals surface area contributed by atoms with E-state index < -0.39 is 0 Å². The molecule has 0 saturated carbocycles. The quantitative estimate of drug-likeness (QED) is 0.263. The molecular weight excluding hydrogens is 310 g/mol. The lowest BCUT2D eigenvalue weighted by Crippen LogP contribution is -2.37. The second-order valence-electron chi connectivity index (χ2n) is 7.89. The molecule has 1 aliphatic rings. The van der Waals surface area contributed by atoms with E-state index in [0.717, 1.165) is 25.3 Å². The van der Waals surface area contributed by atoms with E-state index >= 15 is 0 Å². The van der Waals surface area contributed by atoms with Crippen LogP contribution in [0.5, 0.6) is 0 Å². The highest BCUT2D eigenvalue weighted by atomic mass is 16.5. The smallest absolute Gasteiger partial charge is 0.305 e. The molecule has 3 heteroatoms. The summed E-state index contributed by atoms with van der Waals surface area (Å²) in [5, 5.41) is 0. The Balaban J connectivity index is 1.82. The van der Waals surface area contributed by atoms with Gasteiger partial charge in [-0.1, -0.05) is 64.7 Å². The molecule has 0 aliphatic carbocycles. The highest BCUT2D eigenvalue weighted by Gasteiger charge is 2.17. The number of carbonyl (C=O) groups excluding carboxylic acids is 1. The van der Waals surface area contributed by atoms with Crippen LogP contribution < -0.4 is 0 Å². The molecule has 0 radical (unpaired) electrons. The van der Waals surface area contributed by atoms with Crippen molar-refractivity contribution in [3.8, 4) is 0 Å². The number of carbonyl (C=O) groups is 1. The van der Waals surface area contributed by atoms with Crippen molar-refractivity contribution in [1.82, 2.24) is 4.90 Å². The van der Waals surface area contributed by atoms with E-state index in [-0.39, 0.29) is 5.97 Å². The van der Waals surface area contributed by atoms with Crippen LogP contribution in [0.15, 0.2) is 0 Å². The number of ether oxygens (including phenoxy) is 1. The molecule has 1 saturated heterocycles. The zero-order chi connectivity index (χ0) is 18.2. The second-order valence-corrected chi connectivity index (χ2v) is 7.89. The summed E-state index contributed by atoms with van der Waals surface area (Å²) in [6.45, 7) is 7.70. The summed E-state index contributed by atoms with van der Waals surface area (Å²) < 4.78 is 5.35. The fraction of sp³-hybridized carbons (Fsp3) is 0.955. The highest BCUT2D eigenvalue weighted by molar-refractivity contribution is 5.69. The van der Waals surface area contributed by atoms with Gasteiger partial charge in [-0.15, -0.1) is 0 Å². The third-order valence-corrected chi connectivity index (χ3v) is 5.53. The van der Waals surface area contributed by atoms with Crippen LogP contribution in [0.25, 0.3) is 0 Å². The number of nitrogens with zero attached hydrogens (tertiary/aromatic N) is 1. The zero-order valence-corrected chi connectivity index (χ0v) is 17.1. The van der Waals surface area contributed by atoms with Gasteiger partial charge < -0.3 is 9.64 Å². The Labute approximate surface area is 156 Å². The first-order valence-corrected chi connectivity index (χ1v) is 11.1. The number of rotatable bonds is 15. The molecular formula is C22H43NO2. The van der Waals surface area contributed by atoms with Gasteiger partial charge in [0, 0.05) is 12.5 Å². The maximum atomic E-state index is 11.7. The van der Waals surface area contributed by atoms with Crippen molar-refractivity contribution < 1.29 is 9.53 Å². The van der Waals surface area contributed by atoms with Gasteiger partial charge in [0.1, 0.15) is 0 Å². The molecule has 0 aromatic heterocycles. The van der Waals surface area contributed by atoms with E-state index in [4.69, 9.17) is 4.74 Å². The Morgan fingerprint density at radius 1 is 0.920 bits per heavy atom. The summed E-state index contributed by atoms with van der Waals surface area (Å²) >= 11 is 0. The number of hydrogen-bond donors (Lipinski definition) is 0. The van der Waals surface area contributed by atoms with Gasteiger partial charge in [0.15, 0.2) is 0 Å². The minimum absolute atomic E-state index is 0.00860. The Morgan fingerprint density at radius 2 is 1.60 bits per heavy atom. The molecule has 0 aromatic rings. The average Bonchev–Trinajstić information content (AvgIpc) is 2.61. The van der Waals surface area contributed by atoms with Crippen molar-refractivity contribution in [2.75, 3.05) is 19.7 Å². The fourth-order valence-corrected chi connectivity index (χ4v) is 3.74. The van der Waals surface area contributed by atoms with Crippen LogP contribution in [-0.4, -0.2) is 36.6 Å². The molecule has 0 bridgehead atoms. The summed E-state index contributed by atoms with van der Waals surface area (Å²) in [6, 6.07) is 0.755. The van der Waals surface area contributed by atoms with E-state index in [1.165, 1.54) is 83.7 Å². The lowest BCUT2D eigenvalue weighted by Gasteiger charge is -2.33. The highest BCUT2D eigenvalue weighted by Crippen LogP contribution is 2.17. The lowest BCUT2D eigenvalue weighted by molar-refractivity contribution is -0.143. The molecule has 25 heavy (non-hydrogen) atoms. The first-order chi connectivity index (χ1) is 12.2. The first-order valence-electron chi connectivity index (χ1n) is 11.1. The summed E-state index contributed by atoms with van der Waals surface area (Å²) in [5.74, 6) is 0.00860. The molecule has 1 rings (SSSR count). The standard InChI is InChI=1S/C22H43NO2/c1-3-4-5-6-7-8-9-15-20-25-22(24)17-11-10-13-18-23-19-14-12-16-21(23)2/h21H,3-20H2,1-2H3. The number of likely N-dealkylation sites (tertiary alicyclic amines) is 1. The zero-order valence-electron chi connectivity index (χ0n) is 17.1. The predicted octanol–water partition coefficient (Wildman–Crippen LogP) is 6.11. The van der Waals surface area contributed by atoms with Gasteiger partial charge in [0.05, 0.1) is 6.61 Å². The van der Waals surface area contributed by atoms with Crippen LogP contribution in [0.3, 0.4) is 0 Å². The Bertz CT molecular complexity index is 319. The topological polar surface area (TPSA) is 29.5 Å². The minimum Gasteiger partial charge on any atom is -0.466 e. The van der Waals surface area contributed by atoms with Crippen molar-refractivity contribution >= 4 is 5.97 Å². The van der Waals surface area contributed by atoms with Crippen molar-refractivity contribution in [1.29, 1.82) is 0 Å². The number of unbranched alkanes of at least 4 members (excludes halogenated alkanes) is 9. The Hall–Kier alpha value is -0.570. The monoisotopic (exact) mass is 353 g/mol. The molecule has 1 atom stereocenters. The molecule has 3 nitrogen and oxygen atoms in total. The molecule has 1 aliphatic heterocycles. The maximum Gasteiger partial charge on any atom is 0.305 e. The van der Waals surface area contributed by atoms with Crippen LogP contribution in [0.4, 0.5) is 0 Å². The minimum atomic E-state index is 0.00860. The van der Waals surface area contributed by atoms with Crippen LogP contribution in [0, 0.1) is 0 Å². The molecule has 148 valence electrons. The van der Waals surface area contributed by atoms with Gasteiger partial charge >= 0.3 is 5.97 Å². The van der Waals surface area contributed by atoms with E-state index in [1.807, 2.05) is 0 Å². The van der Waals surface area contributed by atoms with E-state index in [0.29, 0.717) is 13.0 Å². The number of hydrogen-bond acceptors (Lipinski definition) is 3. The van der Waals surface area contributed by atoms with Crippen molar-refractivity contribution in [3.05, 3.63) is 0 Å². The largest absolute Gasteiger partial charge is 0.466 e. The third-order valence-electron chi connectivity index (χ3n) is 5.53. The molecule has 0 amide bonds. The van der Waals surface area contributed by atoms with Gasteiger partial charge in [-0.2, -0.15) is 0 Å². The second kappa shape index (κ2) is 15.7. The molecule has 0 spiro atoms. The van der Waals surface area contributed by atoms with Crippen molar-refractivity contribution in [3.63, 3.8) is 0 Å². The molecule has 1 heterocycles. The molecule has 0 aromatic carbocycles.